The largest absolute Gasteiger partial charge is 0.288 e. The summed E-state index contributed by atoms with van der Waals surface area (Å²) in [5, 5.41) is 0. The van der Waals surface area contributed by atoms with E-state index in [0.717, 1.165) is 18.3 Å². The molecular weight excluding hydrogens is 243 g/mol. The third-order valence-electron chi connectivity index (χ3n) is 2.54. The van der Waals surface area contributed by atoms with Crippen molar-refractivity contribution in [3.05, 3.63) is 64.7 Å². The van der Waals surface area contributed by atoms with Crippen molar-refractivity contribution in [2.75, 3.05) is 0 Å². The van der Waals surface area contributed by atoms with Crippen molar-refractivity contribution in [2.45, 2.75) is 6.92 Å². The van der Waals surface area contributed by atoms with Gasteiger partial charge in [-0.3, -0.25) is 9.78 Å². The first-order chi connectivity index (χ1) is 8.52. The van der Waals surface area contributed by atoms with E-state index in [1.165, 1.54) is 19.2 Å². The fraction of sp³-hybridized carbons (Fsp3) is 0.0769. The summed E-state index contributed by atoms with van der Waals surface area (Å²) in [5.41, 5.74) is -0.755. The van der Waals surface area contributed by atoms with E-state index in [9.17, 15) is 18.0 Å². The van der Waals surface area contributed by atoms with E-state index < -0.39 is 28.8 Å². The van der Waals surface area contributed by atoms with Gasteiger partial charge in [-0.15, -0.1) is 0 Å². The van der Waals surface area contributed by atoms with Crippen LogP contribution in [0.1, 0.15) is 21.5 Å². The topological polar surface area (TPSA) is 30.0 Å². The smallest absolute Gasteiger partial charge is 0.199 e. The van der Waals surface area contributed by atoms with Crippen LogP contribution in [-0.2, 0) is 0 Å². The predicted molar refractivity (Wildman–Crippen MR) is 58.7 cm³/mol. The molecule has 0 atom stereocenters. The lowest BCUT2D eigenvalue weighted by Gasteiger charge is -2.05. The van der Waals surface area contributed by atoms with Crippen molar-refractivity contribution >= 4 is 5.78 Å². The Balaban J connectivity index is 2.54. The first-order valence-electron chi connectivity index (χ1n) is 5.11. The van der Waals surface area contributed by atoms with E-state index >= 15 is 0 Å². The van der Waals surface area contributed by atoms with Crippen LogP contribution in [0.15, 0.2) is 30.6 Å². The molecule has 0 fully saturated rings. The standard InChI is InChI=1S/C13H8F3NO/c1-7-2-3-9(12(16)11(7)15)13(18)8-4-5-17-6-10(8)14/h2-6H,1H3. The highest BCUT2D eigenvalue weighted by atomic mass is 19.2. The third kappa shape index (κ3) is 1.99. The van der Waals surface area contributed by atoms with Crippen LogP contribution in [0.3, 0.4) is 0 Å². The van der Waals surface area contributed by atoms with Crippen LogP contribution >= 0.6 is 0 Å². The summed E-state index contributed by atoms with van der Waals surface area (Å²) >= 11 is 0. The van der Waals surface area contributed by atoms with Crippen LogP contribution in [0.25, 0.3) is 0 Å². The molecular formula is C13H8F3NO. The number of benzene rings is 1. The average Bonchev–Trinajstić information content (AvgIpc) is 2.36. The van der Waals surface area contributed by atoms with Gasteiger partial charge in [0.15, 0.2) is 23.2 Å². The number of carbonyl (C=O) groups excluding carboxylic acids is 1. The number of hydrogen-bond donors (Lipinski definition) is 0. The van der Waals surface area contributed by atoms with Crippen LogP contribution in [0.5, 0.6) is 0 Å². The third-order valence-corrected chi connectivity index (χ3v) is 2.54. The van der Waals surface area contributed by atoms with E-state index in [0.29, 0.717) is 0 Å². The molecule has 0 N–H and O–H groups in total. The van der Waals surface area contributed by atoms with E-state index in [4.69, 9.17) is 0 Å². The van der Waals surface area contributed by atoms with Crippen LogP contribution in [0.2, 0.25) is 0 Å². The molecule has 0 aliphatic carbocycles. The molecule has 0 unspecified atom stereocenters. The number of halogens is 3. The van der Waals surface area contributed by atoms with Gasteiger partial charge in [0.25, 0.3) is 0 Å². The molecule has 0 spiro atoms. The van der Waals surface area contributed by atoms with Crippen molar-refractivity contribution < 1.29 is 18.0 Å². The van der Waals surface area contributed by atoms with Gasteiger partial charge >= 0.3 is 0 Å². The van der Waals surface area contributed by atoms with Crippen LogP contribution < -0.4 is 0 Å². The Kier molecular flexibility index (Phi) is 3.14. The summed E-state index contributed by atoms with van der Waals surface area (Å²) in [6.07, 6.45) is 2.05. The van der Waals surface area contributed by atoms with Gasteiger partial charge in [0, 0.05) is 6.20 Å². The van der Waals surface area contributed by atoms with Gasteiger partial charge in [-0.05, 0) is 24.6 Å². The Hall–Kier alpha value is -2.17. The molecule has 18 heavy (non-hydrogen) atoms. The molecule has 2 aromatic rings. The zero-order valence-electron chi connectivity index (χ0n) is 9.38. The molecule has 0 aliphatic rings. The highest BCUT2D eigenvalue weighted by Crippen LogP contribution is 2.19. The summed E-state index contributed by atoms with van der Waals surface area (Å²) in [4.78, 5) is 15.4. The van der Waals surface area contributed by atoms with E-state index in [1.807, 2.05) is 0 Å². The number of carbonyl (C=O) groups is 1. The molecule has 0 saturated carbocycles. The number of aromatic nitrogens is 1. The summed E-state index contributed by atoms with van der Waals surface area (Å²) in [6, 6.07) is 3.52. The molecule has 1 heterocycles. The Bertz CT molecular complexity index is 626. The second-order valence-electron chi connectivity index (χ2n) is 3.74. The second kappa shape index (κ2) is 4.60. The first kappa shape index (κ1) is 12.3. The lowest BCUT2D eigenvalue weighted by molar-refractivity contribution is 0.103. The molecule has 1 aromatic heterocycles. The van der Waals surface area contributed by atoms with Gasteiger partial charge in [-0.25, -0.2) is 13.2 Å². The Labute approximate surface area is 101 Å². The number of pyridine rings is 1. The van der Waals surface area contributed by atoms with Crippen LogP contribution in [0, 0.1) is 24.4 Å². The minimum absolute atomic E-state index is 0.0826. The summed E-state index contributed by atoms with van der Waals surface area (Å²) in [7, 11) is 0. The molecule has 0 radical (unpaired) electrons. The normalized spacial score (nSPS) is 10.4. The monoisotopic (exact) mass is 251 g/mol. The molecule has 92 valence electrons. The molecule has 0 bridgehead atoms. The number of hydrogen-bond acceptors (Lipinski definition) is 2. The number of nitrogens with zero attached hydrogens (tertiary/aromatic N) is 1. The van der Waals surface area contributed by atoms with Gasteiger partial charge in [0.2, 0.25) is 0 Å². The van der Waals surface area contributed by atoms with E-state index in [1.54, 1.807) is 0 Å². The Morgan fingerprint density at radius 2 is 1.78 bits per heavy atom. The molecule has 0 aliphatic heterocycles. The maximum atomic E-state index is 13.6. The lowest BCUT2D eigenvalue weighted by atomic mass is 10.0. The summed E-state index contributed by atoms with van der Waals surface area (Å²) < 4.78 is 40.3. The predicted octanol–water partition coefficient (Wildman–Crippen LogP) is 3.04. The maximum Gasteiger partial charge on any atom is 0.199 e. The zero-order chi connectivity index (χ0) is 13.3. The van der Waals surface area contributed by atoms with Crippen molar-refractivity contribution in [2.24, 2.45) is 0 Å². The quantitative estimate of drug-likeness (QED) is 0.768. The van der Waals surface area contributed by atoms with Crippen molar-refractivity contribution in [1.29, 1.82) is 0 Å². The van der Waals surface area contributed by atoms with Crippen molar-refractivity contribution in [1.82, 2.24) is 4.98 Å². The van der Waals surface area contributed by atoms with E-state index in [2.05, 4.69) is 4.98 Å². The van der Waals surface area contributed by atoms with Gasteiger partial charge in [0.1, 0.15) is 0 Å². The van der Waals surface area contributed by atoms with Crippen molar-refractivity contribution in [3.8, 4) is 0 Å². The average molecular weight is 251 g/mol. The molecule has 2 rings (SSSR count). The highest BCUT2D eigenvalue weighted by molar-refractivity contribution is 6.09. The fourth-order valence-electron chi connectivity index (χ4n) is 1.53. The highest BCUT2D eigenvalue weighted by Gasteiger charge is 2.20. The molecule has 1 aromatic carbocycles. The SMILES string of the molecule is Cc1ccc(C(=O)c2ccncc2F)c(F)c1F. The Morgan fingerprint density at radius 3 is 2.44 bits per heavy atom. The molecule has 5 heteroatoms. The van der Waals surface area contributed by atoms with Gasteiger partial charge in [-0.1, -0.05) is 6.07 Å². The molecule has 0 amide bonds. The lowest BCUT2D eigenvalue weighted by Crippen LogP contribution is -2.09. The van der Waals surface area contributed by atoms with Gasteiger partial charge < -0.3 is 0 Å². The fourth-order valence-corrected chi connectivity index (χ4v) is 1.53. The maximum absolute atomic E-state index is 13.6. The number of aryl methyl sites for hydroxylation is 1. The van der Waals surface area contributed by atoms with Gasteiger partial charge in [-0.2, -0.15) is 0 Å². The van der Waals surface area contributed by atoms with E-state index in [-0.39, 0.29) is 11.1 Å². The summed E-state index contributed by atoms with van der Waals surface area (Å²) in [5.74, 6) is -4.15. The molecule has 0 saturated heterocycles. The Morgan fingerprint density at radius 1 is 1.06 bits per heavy atom. The minimum Gasteiger partial charge on any atom is -0.288 e. The number of ketones is 1. The van der Waals surface area contributed by atoms with Gasteiger partial charge in [0.05, 0.1) is 17.3 Å². The molecule has 2 nitrogen and oxygen atoms in total. The van der Waals surface area contributed by atoms with Crippen LogP contribution in [0.4, 0.5) is 13.2 Å². The second-order valence-corrected chi connectivity index (χ2v) is 3.74. The summed E-state index contributed by atoms with van der Waals surface area (Å²) in [6.45, 7) is 1.37. The number of rotatable bonds is 2. The first-order valence-corrected chi connectivity index (χ1v) is 5.11. The van der Waals surface area contributed by atoms with Crippen LogP contribution in [-0.4, -0.2) is 10.8 Å². The van der Waals surface area contributed by atoms with Crippen molar-refractivity contribution in [3.63, 3.8) is 0 Å². The minimum atomic E-state index is -1.27. The zero-order valence-corrected chi connectivity index (χ0v) is 9.38.